The standard InChI is InChI=1S/C6H12Cl2O3/c7-1-5(3-9)11-6(2-8)4-10/h5-6,9-10H,1-4H2. The van der Waals surface area contributed by atoms with Gasteiger partial charge in [-0.25, -0.2) is 0 Å². The number of ether oxygens (including phenoxy) is 1. The van der Waals surface area contributed by atoms with Crippen LogP contribution in [0.1, 0.15) is 0 Å². The minimum Gasteiger partial charge on any atom is -0.394 e. The fraction of sp³-hybridized carbons (Fsp3) is 1.00. The molecule has 0 bridgehead atoms. The van der Waals surface area contributed by atoms with Gasteiger partial charge in [-0.1, -0.05) is 0 Å². The quantitative estimate of drug-likeness (QED) is 0.606. The summed E-state index contributed by atoms with van der Waals surface area (Å²) < 4.78 is 5.08. The van der Waals surface area contributed by atoms with Gasteiger partial charge < -0.3 is 14.9 Å². The molecule has 0 fully saturated rings. The molecule has 0 aliphatic heterocycles. The molecule has 0 saturated heterocycles. The molecule has 0 aliphatic carbocycles. The summed E-state index contributed by atoms with van der Waals surface area (Å²) in [5.41, 5.74) is 0. The summed E-state index contributed by atoms with van der Waals surface area (Å²) in [7, 11) is 0. The zero-order valence-corrected chi connectivity index (χ0v) is 7.55. The van der Waals surface area contributed by atoms with Crippen molar-refractivity contribution in [2.75, 3.05) is 25.0 Å². The van der Waals surface area contributed by atoms with E-state index in [4.69, 9.17) is 38.2 Å². The van der Waals surface area contributed by atoms with Crippen LogP contribution < -0.4 is 0 Å². The highest BCUT2D eigenvalue weighted by Gasteiger charge is 2.13. The summed E-state index contributed by atoms with van der Waals surface area (Å²) in [6.45, 7) is -0.312. The zero-order chi connectivity index (χ0) is 8.69. The van der Waals surface area contributed by atoms with Gasteiger partial charge in [-0.2, -0.15) is 0 Å². The maximum atomic E-state index is 8.63. The molecule has 2 unspecified atom stereocenters. The summed E-state index contributed by atoms with van der Waals surface area (Å²) in [4.78, 5) is 0. The molecule has 0 aromatic heterocycles. The Balaban J connectivity index is 3.58. The molecule has 3 nitrogen and oxygen atoms in total. The Morgan fingerprint density at radius 3 is 1.55 bits per heavy atom. The minimum absolute atomic E-state index is 0.156. The first-order chi connectivity index (χ1) is 5.28. The van der Waals surface area contributed by atoms with Gasteiger partial charge in [0.25, 0.3) is 0 Å². The third kappa shape index (κ3) is 4.82. The molecule has 0 saturated carbocycles. The molecular formula is C6H12Cl2O3. The van der Waals surface area contributed by atoms with Crippen molar-refractivity contribution in [1.82, 2.24) is 0 Å². The van der Waals surface area contributed by atoms with Gasteiger partial charge in [0.05, 0.1) is 37.2 Å². The summed E-state index contributed by atoms with van der Waals surface area (Å²) in [6, 6.07) is 0. The van der Waals surface area contributed by atoms with Gasteiger partial charge in [-0.15, -0.1) is 23.2 Å². The van der Waals surface area contributed by atoms with E-state index in [0.717, 1.165) is 0 Å². The lowest BCUT2D eigenvalue weighted by Gasteiger charge is -2.18. The van der Waals surface area contributed by atoms with E-state index in [-0.39, 0.29) is 25.0 Å². The Hall–Kier alpha value is 0.460. The molecule has 0 radical (unpaired) electrons. The molecule has 0 aromatic rings. The average molecular weight is 203 g/mol. The van der Waals surface area contributed by atoms with Gasteiger partial charge in [-0.3, -0.25) is 0 Å². The van der Waals surface area contributed by atoms with Gasteiger partial charge in [-0.05, 0) is 0 Å². The van der Waals surface area contributed by atoms with Crippen molar-refractivity contribution in [1.29, 1.82) is 0 Å². The first-order valence-electron chi connectivity index (χ1n) is 3.27. The molecule has 68 valence electrons. The zero-order valence-electron chi connectivity index (χ0n) is 6.04. The van der Waals surface area contributed by atoms with Crippen LogP contribution in [-0.4, -0.2) is 47.4 Å². The number of halogens is 2. The lowest BCUT2D eigenvalue weighted by molar-refractivity contribution is -0.0391. The van der Waals surface area contributed by atoms with E-state index in [9.17, 15) is 0 Å². The van der Waals surface area contributed by atoms with Crippen molar-refractivity contribution in [3.63, 3.8) is 0 Å². The highest BCUT2D eigenvalue weighted by Crippen LogP contribution is 2.01. The number of hydrogen-bond acceptors (Lipinski definition) is 3. The predicted molar refractivity (Wildman–Crippen MR) is 44.3 cm³/mol. The highest BCUT2D eigenvalue weighted by atomic mass is 35.5. The molecule has 5 heteroatoms. The fourth-order valence-electron chi connectivity index (χ4n) is 0.529. The second kappa shape index (κ2) is 7.13. The minimum atomic E-state index is -0.437. The van der Waals surface area contributed by atoms with Crippen molar-refractivity contribution in [2.45, 2.75) is 12.2 Å². The fourth-order valence-corrected chi connectivity index (χ4v) is 0.869. The molecule has 0 aliphatic rings. The van der Waals surface area contributed by atoms with E-state index in [0.29, 0.717) is 0 Å². The molecule has 2 N–H and O–H groups in total. The van der Waals surface area contributed by atoms with Gasteiger partial charge in [0.15, 0.2) is 0 Å². The summed E-state index contributed by atoms with van der Waals surface area (Å²) in [5, 5.41) is 17.3. The van der Waals surface area contributed by atoms with Crippen LogP contribution in [0.5, 0.6) is 0 Å². The number of rotatable bonds is 6. The lowest BCUT2D eigenvalue weighted by Crippen LogP contribution is -2.30. The second-order valence-electron chi connectivity index (χ2n) is 2.05. The normalized spacial score (nSPS) is 16.4. The number of hydrogen-bond donors (Lipinski definition) is 2. The van der Waals surface area contributed by atoms with E-state index in [1.165, 1.54) is 0 Å². The van der Waals surface area contributed by atoms with Gasteiger partial charge >= 0.3 is 0 Å². The van der Waals surface area contributed by atoms with Crippen LogP contribution in [0.25, 0.3) is 0 Å². The molecule has 0 heterocycles. The highest BCUT2D eigenvalue weighted by molar-refractivity contribution is 6.18. The number of aliphatic hydroxyl groups excluding tert-OH is 2. The molecule has 2 atom stereocenters. The van der Waals surface area contributed by atoms with Crippen molar-refractivity contribution in [3.8, 4) is 0 Å². The van der Waals surface area contributed by atoms with E-state index in [1.807, 2.05) is 0 Å². The van der Waals surface area contributed by atoms with Crippen molar-refractivity contribution >= 4 is 23.2 Å². The predicted octanol–water partition coefficient (Wildman–Crippen LogP) is 0.202. The van der Waals surface area contributed by atoms with Crippen LogP contribution in [0, 0.1) is 0 Å². The van der Waals surface area contributed by atoms with E-state index in [1.54, 1.807) is 0 Å². The average Bonchev–Trinajstić information content (AvgIpc) is 2.07. The Morgan fingerprint density at radius 1 is 1.00 bits per heavy atom. The van der Waals surface area contributed by atoms with Crippen LogP contribution in [0.3, 0.4) is 0 Å². The van der Waals surface area contributed by atoms with Crippen molar-refractivity contribution < 1.29 is 14.9 Å². The summed E-state index contributed by atoms with van der Waals surface area (Å²) in [5.74, 6) is 0.397. The summed E-state index contributed by atoms with van der Waals surface area (Å²) in [6.07, 6.45) is -0.875. The van der Waals surface area contributed by atoms with Crippen LogP contribution >= 0.6 is 23.2 Å². The van der Waals surface area contributed by atoms with Crippen molar-refractivity contribution in [3.05, 3.63) is 0 Å². The van der Waals surface area contributed by atoms with E-state index >= 15 is 0 Å². The largest absolute Gasteiger partial charge is 0.394 e. The maximum absolute atomic E-state index is 8.63. The number of aliphatic hydroxyl groups is 2. The Kier molecular flexibility index (Phi) is 7.43. The third-order valence-corrected chi connectivity index (χ3v) is 1.82. The molecule has 0 spiro atoms. The smallest absolute Gasteiger partial charge is 0.0946 e. The van der Waals surface area contributed by atoms with Crippen LogP contribution in [0.2, 0.25) is 0 Å². The Labute approximate surface area is 75.9 Å². The molecular weight excluding hydrogens is 191 g/mol. The van der Waals surface area contributed by atoms with Gasteiger partial charge in [0.2, 0.25) is 0 Å². The molecule has 11 heavy (non-hydrogen) atoms. The molecule has 0 rings (SSSR count). The lowest BCUT2D eigenvalue weighted by atomic mass is 10.4. The van der Waals surface area contributed by atoms with Crippen LogP contribution in [-0.2, 0) is 4.74 Å². The van der Waals surface area contributed by atoms with Gasteiger partial charge in [0.1, 0.15) is 0 Å². The molecule has 0 amide bonds. The first kappa shape index (κ1) is 11.5. The molecule has 0 aromatic carbocycles. The van der Waals surface area contributed by atoms with Crippen molar-refractivity contribution in [2.24, 2.45) is 0 Å². The summed E-state index contributed by atoms with van der Waals surface area (Å²) >= 11 is 10.8. The third-order valence-electron chi connectivity index (χ3n) is 1.14. The maximum Gasteiger partial charge on any atom is 0.0946 e. The van der Waals surface area contributed by atoms with Crippen LogP contribution in [0.15, 0.2) is 0 Å². The first-order valence-corrected chi connectivity index (χ1v) is 4.34. The van der Waals surface area contributed by atoms with E-state index in [2.05, 4.69) is 0 Å². The Bertz CT molecular complexity index is 73.9. The Morgan fingerprint density at radius 2 is 1.36 bits per heavy atom. The monoisotopic (exact) mass is 202 g/mol. The SMILES string of the molecule is OCC(CCl)OC(CO)CCl. The number of alkyl halides is 2. The second-order valence-corrected chi connectivity index (χ2v) is 2.67. The topological polar surface area (TPSA) is 49.7 Å². The van der Waals surface area contributed by atoms with Crippen LogP contribution in [0.4, 0.5) is 0 Å². The van der Waals surface area contributed by atoms with Gasteiger partial charge in [0, 0.05) is 0 Å². The van der Waals surface area contributed by atoms with E-state index < -0.39 is 12.2 Å².